The van der Waals surface area contributed by atoms with Crippen molar-refractivity contribution in [1.82, 2.24) is 20.6 Å². The molecule has 0 unspecified atom stereocenters. The minimum Gasteiger partial charge on any atom is -0.384 e. The zero-order valence-corrected chi connectivity index (χ0v) is 16.2. The summed E-state index contributed by atoms with van der Waals surface area (Å²) in [5.41, 5.74) is 2.24. The van der Waals surface area contributed by atoms with Gasteiger partial charge in [-0.3, -0.25) is 9.59 Å². The summed E-state index contributed by atoms with van der Waals surface area (Å²) in [6.45, 7) is 6.23. The van der Waals surface area contributed by atoms with Crippen LogP contribution in [0.1, 0.15) is 64.3 Å². The number of amides is 1. The fourth-order valence-electron chi connectivity index (χ4n) is 3.27. The summed E-state index contributed by atoms with van der Waals surface area (Å²) in [7, 11) is 1.68. The number of aromatic amines is 1. The molecule has 6 nitrogen and oxygen atoms in total. The van der Waals surface area contributed by atoms with Crippen molar-refractivity contribution in [3.05, 3.63) is 35.2 Å². The van der Waals surface area contributed by atoms with E-state index in [9.17, 15) is 9.59 Å². The number of imidazole rings is 1. The first-order valence-electron chi connectivity index (χ1n) is 9.26. The van der Waals surface area contributed by atoms with E-state index in [1.165, 1.54) is 19.3 Å². The number of H-pyrrole nitrogens is 1. The van der Waals surface area contributed by atoms with Crippen LogP contribution in [0.2, 0.25) is 0 Å². The fraction of sp³-hybridized carbons (Fsp3) is 0.550. The maximum atomic E-state index is 12.6. The number of nitrogens with zero attached hydrogens (tertiary/aromatic N) is 1. The van der Waals surface area contributed by atoms with Crippen LogP contribution in [0.15, 0.2) is 23.8 Å². The van der Waals surface area contributed by atoms with Gasteiger partial charge in [0.05, 0.1) is 17.7 Å². The summed E-state index contributed by atoms with van der Waals surface area (Å²) in [4.78, 5) is 31.4. The Morgan fingerprint density at radius 3 is 2.54 bits per heavy atom. The third-order valence-corrected chi connectivity index (χ3v) is 4.66. The molecule has 0 bridgehead atoms. The van der Waals surface area contributed by atoms with Gasteiger partial charge in [0.2, 0.25) is 0 Å². The lowest BCUT2D eigenvalue weighted by Gasteiger charge is -2.19. The highest BCUT2D eigenvalue weighted by Crippen LogP contribution is 2.25. The van der Waals surface area contributed by atoms with Crippen molar-refractivity contribution in [1.29, 1.82) is 0 Å². The van der Waals surface area contributed by atoms with E-state index in [0.29, 0.717) is 23.0 Å². The zero-order chi connectivity index (χ0) is 19.2. The van der Waals surface area contributed by atoms with Crippen LogP contribution >= 0.6 is 0 Å². The van der Waals surface area contributed by atoms with Crippen LogP contribution in [-0.4, -0.2) is 29.2 Å². The molecular weight excluding hydrogens is 328 g/mol. The van der Waals surface area contributed by atoms with Crippen LogP contribution in [-0.2, 0) is 15.0 Å². The highest BCUT2D eigenvalue weighted by Gasteiger charge is 2.21. The second kappa shape index (κ2) is 8.83. The molecule has 1 heterocycles. The lowest BCUT2D eigenvalue weighted by Crippen LogP contribution is -2.30. The van der Waals surface area contributed by atoms with Crippen molar-refractivity contribution in [2.45, 2.75) is 58.3 Å². The van der Waals surface area contributed by atoms with Crippen molar-refractivity contribution in [3.8, 4) is 0 Å². The van der Waals surface area contributed by atoms with Gasteiger partial charge in [0.1, 0.15) is 5.70 Å². The molecule has 1 aliphatic carbocycles. The second-order valence-corrected chi connectivity index (χ2v) is 7.81. The average molecular weight is 358 g/mol. The summed E-state index contributed by atoms with van der Waals surface area (Å²) in [6.07, 6.45) is 11.7. The summed E-state index contributed by atoms with van der Waals surface area (Å²) in [6, 6.07) is 0. The Kier molecular flexibility index (Phi) is 6.77. The van der Waals surface area contributed by atoms with Crippen molar-refractivity contribution in [3.63, 3.8) is 0 Å². The summed E-state index contributed by atoms with van der Waals surface area (Å²) >= 11 is 0. The molecule has 26 heavy (non-hydrogen) atoms. The Morgan fingerprint density at radius 1 is 1.27 bits per heavy atom. The van der Waals surface area contributed by atoms with Gasteiger partial charge in [0.15, 0.2) is 6.29 Å². The van der Waals surface area contributed by atoms with Crippen molar-refractivity contribution < 1.29 is 9.59 Å². The third-order valence-electron chi connectivity index (χ3n) is 4.66. The number of carbonyl (C=O) groups excluding carboxylic acids is 2. The smallest absolute Gasteiger partial charge is 0.271 e. The Morgan fingerprint density at radius 2 is 1.96 bits per heavy atom. The van der Waals surface area contributed by atoms with E-state index in [0.717, 1.165) is 24.8 Å². The molecule has 0 saturated heterocycles. The summed E-state index contributed by atoms with van der Waals surface area (Å²) in [5, 5.41) is 5.62. The molecule has 0 atom stereocenters. The number of allylic oxidation sites excluding steroid dienone is 2. The Labute approximate surface area is 155 Å². The molecule has 1 fully saturated rings. The summed E-state index contributed by atoms with van der Waals surface area (Å²) in [5.74, 6) is 0.0228. The largest absolute Gasteiger partial charge is 0.384 e. The third kappa shape index (κ3) is 5.31. The number of nitrogens with one attached hydrogen (secondary N) is 3. The summed E-state index contributed by atoms with van der Waals surface area (Å²) < 4.78 is 0. The van der Waals surface area contributed by atoms with E-state index in [1.54, 1.807) is 19.5 Å². The van der Waals surface area contributed by atoms with Crippen molar-refractivity contribution >= 4 is 18.3 Å². The average Bonchev–Trinajstić information content (AvgIpc) is 3.08. The normalized spacial score (nSPS) is 17.1. The van der Waals surface area contributed by atoms with Gasteiger partial charge in [-0.05, 0) is 24.8 Å². The molecule has 1 amide bonds. The van der Waals surface area contributed by atoms with E-state index in [4.69, 9.17) is 0 Å². The highest BCUT2D eigenvalue weighted by atomic mass is 16.2. The number of carbonyl (C=O) groups is 2. The van der Waals surface area contributed by atoms with E-state index in [-0.39, 0.29) is 11.3 Å². The van der Waals surface area contributed by atoms with Crippen LogP contribution < -0.4 is 10.6 Å². The molecule has 0 aliphatic heterocycles. The fourth-order valence-corrected chi connectivity index (χ4v) is 3.27. The van der Waals surface area contributed by atoms with Gasteiger partial charge in [-0.25, -0.2) is 4.98 Å². The molecule has 1 aromatic heterocycles. The van der Waals surface area contributed by atoms with Gasteiger partial charge >= 0.3 is 0 Å². The van der Waals surface area contributed by atoms with E-state index in [2.05, 4.69) is 41.4 Å². The molecule has 0 aromatic carbocycles. The lowest BCUT2D eigenvalue weighted by atomic mass is 9.89. The Balaban J connectivity index is 2.16. The van der Waals surface area contributed by atoms with Crippen LogP contribution in [0.25, 0.3) is 6.08 Å². The van der Waals surface area contributed by atoms with Gasteiger partial charge in [-0.2, -0.15) is 0 Å². The number of rotatable bonds is 6. The van der Waals surface area contributed by atoms with Crippen LogP contribution in [0.3, 0.4) is 0 Å². The van der Waals surface area contributed by atoms with Crippen LogP contribution in [0.5, 0.6) is 0 Å². The van der Waals surface area contributed by atoms with E-state index < -0.39 is 0 Å². The number of likely N-dealkylation sites (N-methyl/N-ethyl adjacent to an activating group) is 1. The first-order valence-corrected chi connectivity index (χ1v) is 9.26. The molecular formula is C20H30N4O2. The highest BCUT2D eigenvalue weighted by molar-refractivity contribution is 6.00. The first kappa shape index (κ1) is 19.9. The molecule has 2 rings (SSSR count). The van der Waals surface area contributed by atoms with Gasteiger partial charge in [0.25, 0.3) is 5.91 Å². The predicted octanol–water partition coefficient (Wildman–Crippen LogP) is 3.05. The molecule has 3 N–H and O–H groups in total. The molecule has 0 radical (unpaired) electrons. The number of aromatic nitrogens is 2. The Bertz CT molecular complexity index is 689. The maximum absolute atomic E-state index is 12.6. The quantitative estimate of drug-likeness (QED) is 0.539. The minimum absolute atomic E-state index is 0.119. The van der Waals surface area contributed by atoms with Crippen LogP contribution in [0, 0.1) is 5.92 Å². The first-order chi connectivity index (χ1) is 12.3. The molecule has 1 saturated carbocycles. The standard InChI is InChI=1S/C20H30N4O2/c1-20(2,3)18-16(22-13-23-18)11-17(21-4)19(26)24-15(12-25)10-14-8-6-5-7-9-14/h10-14,21H,5-9H2,1-4H3,(H,22,23)(H,24,26)/b15-10-,17-11-. The SMILES string of the molecule is CN/C(=C\c1nc[nH]c1C(C)(C)C)C(=O)N/C(C=O)=C\C1CCCCC1. The molecule has 6 heteroatoms. The van der Waals surface area contributed by atoms with Gasteiger partial charge < -0.3 is 15.6 Å². The van der Waals surface area contributed by atoms with Crippen LogP contribution in [0.4, 0.5) is 0 Å². The monoisotopic (exact) mass is 358 g/mol. The maximum Gasteiger partial charge on any atom is 0.271 e. The van der Waals surface area contributed by atoms with Gasteiger partial charge in [0, 0.05) is 18.2 Å². The molecule has 1 aromatic rings. The number of hydrogen-bond donors (Lipinski definition) is 3. The van der Waals surface area contributed by atoms with Crippen molar-refractivity contribution in [2.75, 3.05) is 7.05 Å². The molecule has 1 aliphatic rings. The topological polar surface area (TPSA) is 86.9 Å². The minimum atomic E-state index is -0.343. The lowest BCUT2D eigenvalue weighted by molar-refractivity contribution is -0.118. The number of aldehydes is 1. The molecule has 0 spiro atoms. The second-order valence-electron chi connectivity index (χ2n) is 7.81. The van der Waals surface area contributed by atoms with Gasteiger partial charge in [-0.15, -0.1) is 0 Å². The zero-order valence-electron chi connectivity index (χ0n) is 16.2. The van der Waals surface area contributed by atoms with Crippen molar-refractivity contribution in [2.24, 2.45) is 5.92 Å². The van der Waals surface area contributed by atoms with E-state index >= 15 is 0 Å². The Hall–Kier alpha value is -2.37. The van der Waals surface area contributed by atoms with E-state index in [1.807, 2.05) is 6.08 Å². The number of hydrogen-bond acceptors (Lipinski definition) is 4. The predicted molar refractivity (Wildman–Crippen MR) is 103 cm³/mol. The molecule has 142 valence electrons. The van der Waals surface area contributed by atoms with Gasteiger partial charge in [-0.1, -0.05) is 46.1 Å².